The monoisotopic (exact) mass is 405 g/mol. The van der Waals surface area contributed by atoms with Crippen LogP contribution in [0.4, 0.5) is 0 Å². The minimum atomic E-state index is -0.711. The van der Waals surface area contributed by atoms with E-state index in [9.17, 15) is 15.0 Å². The van der Waals surface area contributed by atoms with Crippen LogP contribution in [0.15, 0.2) is 24.3 Å². The second-order valence-corrected chi connectivity index (χ2v) is 8.25. The maximum atomic E-state index is 12.5. The number of aryl methyl sites for hydroxylation is 1. The molecule has 3 N–H and O–H groups in total. The lowest BCUT2D eigenvalue weighted by molar-refractivity contribution is 0.0661. The van der Waals surface area contributed by atoms with Gasteiger partial charge in [0.2, 0.25) is 0 Å². The zero-order chi connectivity index (χ0) is 21.3. The van der Waals surface area contributed by atoms with E-state index < -0.39 is 12.1 Å². The van der Waals surface area contributed by atoms with Gasteiger partial charge < -0.3 is 15.5 Å². The van der Waals surface area contributed by atoms with Crippen LogP contribution in [0.5, 0.6) is 0 Å². The van der Waals surface area contributed by atoms with Gasteiger partial charge >= 0.3 is 0 Å². The molecule has 1 unspecified atom stereocenters. The van der Waals surface area contributed by atoms with Gasteiger partial charge in [-0.15, -0.1) is 0 Å². The Hall–Kier alpha value is -1.39. The lowest BCUT2D eigenvalue weighted by atomic mass is 10.0. The number of amides is 1. The molecule has 0 radical (unpaired) electrons. The highest BCUT2D eigenvalue weighted by Crippen LogP contribution is 2.13. The molecule has 4 heteroatoms. The molecule has 0 aromatic heterocycles. The van der Waals surface area contributed by atoms with E-state index >= 15 is 0 Å². The van der Waals surface area contributed by atoms with E-state index in [4.69, 9.17) is 0 Å². The first kappa shape index (κ1) is 25.6. The molecular weight excluding hydrogens is 362 g/mol. The summed E-state index contributed by atoms with van der Waals surface area (Å²) in [7, 11) is 0. The number of aliphatic hydroxyl groups is 2. The number of hydrogen-bond acceptors (Lipinski definition) is 3. The second kappa shape index (κ2) is 16.4. The quantitative estimate of drug-likeness (QED) is 0.304. The SMILES string of the molecule is CCCCCCCCC(O)[C@H](CO)NC(=O)c1ccc(CCCCCCC)cc1. The fourth-order valence-corrected chi connectivity index (χ4v) is 3.61. The van der Waals surface area contributed by atoms with Gasteiger partial charge in [-0.25, -0.2) is 0 Å². The molecular formula is C25H43NO3. The summed E-state index contributed by atoms with van der Waals surface area (Å²) in [6.45, 7) is 4.16. The summed E-state index contributed by atoms with van der Waals surface area (Å²) in [4.78, 5) is 12.5. The van der Waals surface area contributed by atoms with Crippen LogP contribution in [-0.4, -0.2) is 34.9 Å². The molecule has 0 aliphatic carbocycles. The van der Waals surface area contributed by atoms with Crippen LogP contribution in [0.1, 0.15) is 107 Å². The molecule has 0 saturated carbocycles. The highest BCUT2D eigenvalue weighted by atomic mass is 16.3. The van der Waals surface area contributed by atoms with E-state index in [1.807, 2.05) is 24.3 Å². The Morgan fingerprint density at radius 2 is 1.41 bits per heavy atom. The molecule has 1 aromatic rings. The number of nitrogens with one attached hydrogen (secondary N) is 1. The molecule has 166 valence electrons. The summed E-state index contributed by atoms with van der Waals surface area (Å²) in [5, 5.41) is 22.7. The third-order valence-corrected chi connectivity index (χ3v) is 5.62. The van der Waals surface area contributed by atoms with E-state index in [0.29, 0.717) is 12.0 Å². The number of carbonyl (C=O) groups excluding carboxylic acids is 1. The van der Waals surface area contributed by atoms with Crippen LogP contribution < -0.4 is 5.32 Å². The van der Waals surface area contributed by atoms with Crippen molar-refractivity contribution >= 4 is 5.91 Å². The van der Waals surface area contributed by atoms with Crippen LogP contribution >= 0.6 is 0 Å². The molecule has 0 bridgehead atoms. The lowest BCUT2D eigenvalue weighted by Crippen LogP contribution is -2.45. The highest BCUT2D eigenvalue weighted by molar-refractivity contribution is 5.94. The molecule has 1 rings (SSSR count). The number of benzene rings is 1. The number of carbonyl (C=O) groups is 1. The molecule has 0 aliphatic rings. The average Bonchev–Trinajstić information content (AvgIpc) is 2.74. The van der Waals surface area contributed by atoms with Crippen molar-refractivity contribution in [2.45, 2.75) is 109 Å². The highest BCUT2D eigenvalue weighted by Gasteiger charge is 2.20. The molecule has 2 atom stereocenters. The van der Waals surface area contributed by atoms with Crippen molar-refractivity contribution in [1.82, 2.24) is 5.32 Å². The Kier molecular flexibility index (Phi) is 14.5. The first-order chi connectivity index (χ1) is 14.1. The van der Waals surface area contributed by atoms with Gasteiger partial charge in [0.05, 0.1) is 18.8 Å². The summed E-state index contributed by atoms with van der Waals surface area (Å²) in [6.07, 6.45) is 14.1. The van der Waals surface area contributed by atoms with E-state index in [1.165, 1.54) is 63.4 Å². The molecule has 4 nitrogen and oxygen atoms in total. The summed E-state index contributed by atoms with van der Waals surface area (Å²) < 4.78 is 0. The minimum absolute atomic E-state index is 0.236. The predicted molar refractivity (Wildman–Crippen MR) is 121 cm³/mol. The third-order valence-electron chi connectivity index (χ3n) is 5.62. The van der Waals surface area contributed by atoms with Crippen molar-refractivity contribution in [3.05, 3.63) is 35.4 Å². The maximum Gasteiger partial charge on any atom is 0.251 e. The molecule has 0 spiro atoms. The van der Waals surface area contributed by atoms with Crippen molar-refractivity contribution in [3.63, 3.8) is 0 Å². The average molecular weight is 406 g/mol. The molecule has 0 saturated heterocycles. The molecule has 0 aliphatic heterocycles. The van der Waals surface area contributed by atoms with E-state index in [1.54, 1.807) is 0 Å². The van der Waals surface area contributed by atoms with Crippen LogP contribution in [-0.2, 0) is 6.42 Å². The Bertz CT molecular complexity index is 529. The van der Waals surface area contributed by atoms with Crippen LogP contribution in [0, 0.1) is 0 Å². The zero-order valence-corrected chi connectivity index (χ0v) is 18.7. The van der Waals surface area contributed by atoms with E-state index in [0.717, 1.165) is 19.3 Å². The topological polar surface area (TPSA) is 69.6 Å². The van der Waals surface area contributed by atoms with Crippen molar-refractivity contribution in [2.24, 2.45) is 0 Å². The first-order valence-electron chi connectivity index (χ1n) is 11.8. The number of hydrogen-bond donors (Lipinski definition) is 3. The Morgan fingerprint density at radius 1 is 0.862 bits per heavy atom. The fraction of sp³-hybridized carbons (Fsp3) is 0.720. The fourth-order valence-electron chi connectivity index (χ4n) is 3.61. The molecule has 0 fully saturated rings. The first-order valence-corrected chi connectivity index (χ1v) is 11.8. The van der Waals surface area contributed by atoms with Crippen LogP contribution in [0.2, 0.25) is 0 Å². The molecule has 1 aromatic carbocycles. The summed E-state index contributed by atoms with van der Waals surface area (Å²) >= 11 is 0. The Morgan fingerprint density at radius 3 is 2.00 bits per heavy atom. The standard InChI is InChI=1S/C25H43NO3/c1-3-5-7-9-11-13-15-24(28)23(20-27)26-25(29)22-18-16-21(17-19-22)14-12-10-8-6-4-2/h16-19,23-24,27-28H,3-15,20H2,1-2H3,(H,26,29)/t23-,24?/m0/s1. The Balaban J connectivity index is 2.37. The zero-order valence-electron chi connectivity index (χ0n) is 18.7. The van der Waals surface area contributed by atoms with Crippen molar-refractivity contribution in [3.8, 4) is 0 Å². The van der Waals surface area contributed by atoms with E-state index in [-0.39, 0.29) is 12.5 Å². The second-order valence-electron chi connectivity index (χ2n) is 8.25. The predicted octanol–water partition coefficient (Wildman–Crippen LogP) is 5.40. The van der Waals surface area contributed by atoms with E-state index in [2.05, 4.69) is 19.2 Å². The molecule has 1 amide bonds. The van der Waals surface area contributed by atoms with Gasteiger partial charge in [0.25, 0.3) is 5.91 Å². The van der Waals surface area contributed by atoms with Gasteiger partial charge in [-0.3, -0.25) is 4.79 Å². The third kappa shape index (κ3) is 11.4. The number of unbranched alkanes of at least 4 members (excludes halogenated alkanes) is 9. The number of rotatable bonds is 17. The summed E-state index contributed by atoms with van der Waals surface area (Å²) in [5.41, 5.74) is 1.82. The van der Waals surface area contributed by atoms with Gasteiger partial charge in [-0.1, -0.05) is 90.2 Å². The number of aliphatic hydroxyl groups excluding tert-OH is 2. The maximum absolute atomic E-state index is 12.5. The minimum Gasteiger partial charge on any atom is -0.394 e. The van der Waals surface area contributed by atoms with Crippen molar-refractivity contribution in [2.75, 3.05) is 6.61 Å². The summed E-state index contributed by atoms with van der Waals surface area (Å²) in [5.74, 6) is -0.236. The largest absolute Gasteiger partial charge is 0.394 e. The van der Waals surface area contributed by atoms with Crippen LogP contribution in [0.3, 0.4) is 0 Å². The van der Waals surface area contributed by atoms with Crippen LogP contribution in [0.25, 0.3) is 0 Å². The molecule has 29 heavy (non-hydrogen) atoms. The van der Waals surface area contributed by atoms with Gasteiger partial charge in [0.1, 0.15) is 0 Å². The van der Waals surface area contributed by atoms with Crippen molar-refractivity contribution < 1.29 is 15.0 Å². The molecule has 0 heterocycles. The van der Waals surface area contributed by atoms with Crippen molar-refractivity contribution in [1.29, 1.82) is 0 Å². The smallest absolute Gasteiger partial charge is 0.251 e. The van der Waals surface area contributed by atoms with Gasteiger partial charge in [0, 0.05) is 5.56 Å². The lowest BCUT2D eigenvalue weighted by Gasteiger charge is -2.22. The Labute approximate surface area is 178 Å². The normalized spacial score (nSPS) is 13.2. The van der Waals surface area contributed by atoms with Gasteiger partial charge in [-0.05, 0) is 37.0 Å². The summed E-state index contributed by atoms with van der Waals surface area (Å²) in [6, 6.07) is 7.08. The van der Waals surface area contributed by atoms with Gasteiger partial charge in [-0.2, -0.15) is 0 Å². The van der Waals surface area contributed by atoms with Gasteiger partial charge in [0.15, 0.2) is 0 Å².